The summed E-state index contributed by atoms with van der Waals surface area (Å²) in [6.07, 6.45) is 2.70. The predicted octanol–water partition coefficient (Wildman–Crippen LogP) is 1.49. The van der Waals surface area contributed by atoms with Gasteiger partial charge in [-0.25, -0.2) is 4.79 Å². The number of hydrogen-bond donors (Lipinski definition) is 3. The molecule has 2 rings (SSSR count). The number of aliphatic hydroxyl groups is 1. The summed E-state index contributed by atoms with van der Waals surface area (Å²) in [5, 5.41) is 21.3. The summed E-state index contributed by atoms with van der Waals surface area (Å²) >= 11 is 0. The third kappa shape index (κ3) is 5.56. The number of nitrogens with zero attached hydrogens (tertiary/aromatic N) is 1. The highest BCUT2D eigenvalue weighted by Gasteiger charge is 2.27. The molecule has 0 aromatic heterocycles. The minimum atomic E-state index is -1.05. The first kappa shape index (κ1) is 17.3. The van der Waals surface area contributed by atoms with Crippen molar-refractivity contribution in [2.24, 2.45) is 5.92 Å². The molecule has 1 aromatic rings. The van der Waals surface area contributed by atoms with Crippen molar-refractivity contribution in [2.45, 2.75) is 31.8 Å². The predicted molar refractivity (Wildman–Crippen MR) is 86.1 cm³/mol. The molecule has 0 saturated carbocycles. The Morgan fingerprint density at radius 2 is 1.87 bits per heavy atom. The lowest BCUT2D eigenvalue weighted by Gasteiger charge is -2.34. The van der Waals surface area contributed by atoms with Crippen LogP contribution in [0.15, 0.2) is 30.3 Å². The van der Waals surface area contributed by atoms with Gasteiger partial charge in [0.05, 0.1) is 6.10 Å². The molecule has 6 heteroatoms. The number of benzene rings is 1. The molecule has 1 heterocycles. The van der Waals surface area contributed by atoms with E-state index < -0.39 is 5.97 Å². The van der Waals surface area contributed by atoms with Crippen molar-refractivity contribution in [3.05, 3.63) is 35.9 Å². The number of carboxylic acids is 1. The molecule has 1 unspecified atom stereocenters. The first-order valence-electron chi connectivity index (χ1n) is 8.03. The summed E-state index contributed by atoms with van der Waals surface area (Å²) in [5.74, 6) is -0.855. The summed E-state index contributed by atoms with van der Waals surface area (Å²) in [7, 11) is 0. The maximum atomic E-state index is 11.8. The molecular formula is C17H24N2O4. The Hall–Kier alpha value is -2.08. The van der Waals surface area contributed by atoms with Gasteiger partial charge in [0.15, 0.2) is 0 Å². The van der Waals surface area contributed by atoms with Crippen LogP contribution in [-0.2, 0) is 11.2 Å². The molecule has 0 aliphatic carbocycles. The summed E-state index contributed by atoms with van der Waals surface area (Å²) < 4.78 is 0. The van der Waals surface area contributed by atoms with Crippen molar-refractivity contribution in [1.82, 2.24) is 10.2 Å². The Balaban J connectivity index is 1.71. The van der Waals surface area contributed by atoms with Gasteiger partial charge in [-0.15, -0.1) is 0 Å². The number of carbonyl (C=O) groups excluding carboxylic acids is 1. The van der Waals surface area contributed by atoms with Crippen molar-refractivity contribution in [3.8, 4) is 0 Å². The lowest BCUT2D eigenvalue weighted by atomic mass is 9.88. The highest BCUT2D eigenvalue weighted by Crippen LogP contribution is 2.23. The fourth-order valence-electron chi connectivity index (χ4n) is 2.95. The minimum Gasteiger partial charge on any atom is -0.480 e. The zero-order valence-electron chi connectivity index (χ0n) is 13.1. The van der Waals surface area contributed by atoms with E-state index in [0.29, 0.717) is 13.1 Å². The zero-order chi connectivity index (χ0) is 16.7. The van der Waals surface area contributed by atoms with Crippen LogP contribution < -0.4 is 5.32 Å². The third-order valence-electron chi connectivity index (χ3n) is 4.33. The van der Waals surface area contributed by atoms with Crippen molar-refractivity contribution in [1.29, 1.82) is 0 Å². The highest BCUT2D eigenvalue weighted by atomic mass is 16.4. The van der Waals surface area contributed by atoms with E-state index in [1.54, 1.807) is 4.90 Å². The summed E-state index contributed by atoms with van der Waals surface area (Å²) in [6.45, 7) is 0.746. The number of rotatable bonds is 6. The van der Waals surface area contributed by atoms with Crippen LogP contribution >= 0.6 is 0 Å². The number of amides is 2. The molecule has 2 amide bonds. The van der Waals surface area contributed by atoms with Crippen molar-refractivity contribution in [2.75, 3.05) is 19.6 Å². The van der Waals surface area contributed by atoms with Crippen LogP contribution in [0.3, 0.4) is 0 Å². The SMILES string of the molecule is O=C(O)CNC(=O)N1CCC(C(O)CCc2ccccc2)CC1. The highest BCUT2D eigenvalue weighted by molar-refractivity contribution is 5.79. The van der Waals surface area contributed by atoms with Crippen LogP contribution in [0.5, 0.6) is 0 Å². The van der Waals surface area contributed by atoms with E-state index >= 15 is 0 Å². The third-order valence-corrected chi connectivity index (χ3v) is 4.33. The lowest BCUT2D eigenvalue weighted by Crippen LogP contribution is -2.47. The fourth-order valence-corrected chi connectivity index (χ4v) is 2.95. The Morgan fingerprint density at radius 1 is 1.22 bits per heavy atom. The second kappa shape index (κ2) is 8.53. The van der Waals surface area contributed by atoms with Crippen LogP contribution in [0.4, 0.5) is 4.79 Å². The van der Waals surface area contributed by atoms with Crippen LogP contribution in [0.2, 0.25) is 0 Å². The maximum absolute atomic E-state index is 11.8. The standard InChI is InChI=1S/C17H24N2O4/c20-15(7-6-13-4-2-1-3-5-13)14-8-10-19(11-9-14)17(23)18-12-16(21)22/h1-5,14-15,20H,6-12H2,(H,18,23)(H,21,22). The summed E-state index contributed by atoms with van der Waals surface area (Å²) in [6, 6.07) is 9.74. The Bertz CT molecular complexity index is 513. The molecule has 1 fully saturated rings. The van der Waals surface area contributed by atoms with E-state index in [2.05, 4.69) is 17.4 Å². The monoisotopic (exact) mass is 320 g/mol. The van der Waals surface area contributed by atoms with Crippen LogP contribution in [0.1, 0.15) is 24.8 Å². The number of aliphatic hydroxyl groups excluding tert-OH is 1. The quantitative estimate of drug-likeness (QED) is 0.741. The van der Waals surface area contributed by atoms with Gasteiger partial charge in [-0.05, 0) is 37.2 Å². The molecule has 0 radical (unpaired) electrons. The topological polar surface area (TPSA) is 89.9 Å². The number of hydrogen-bond acceptors (Lipinski definition) is 3. The minimum absolute atomic E-state index is 0.197. The Labute approximate surface area is 136 Å². The smallest absolute Gasteiger partial charge is 0.323 e. The molecule has 1 aliphatic rings. The lowest BCUT2D eigenvalue weighted by molar-refractivity contribution is -0.135. The second-order valence-corrected chi connectivity index (χ2v) is 5.97. The van der Waals surface area contributed by atoms with Crippen molar-refractivity contribution in [3.63, 3.8) is 0 Å². The van der Waals surface area contributed by atoms with Gasteiger partial charge in [0, 0.05) is 13.1 Å². The van der Waals surface area contributed by atoms with Crippen LogP contribution in [-0.4, -0.2) is 52.9 Å². The Kier molecular flexibility index (Phi) is 6.40. The molecular weight excluding hydrogens is 296 g/mol. The van der Waals surface area contributed by atoms with Crippen LogP contribution in [0.25, 0.3) is 0 Å². The van der Waals surface area contributed by atoms with Gasteiger partial charge in [0.2, 0.25) is 0 Å². The zero-order valence-corrected chi connectivity index (χ0v) is 13.1. The van der Waals surface area contributed by atoms with Gasteiger partial charge in [-0.1, -0.05) is 30.3 Å². The average Bonchev–Trinajstić information content (AvgIpc) is 2.58. The molecule has 3 N–H and O–H groups in total. The van der Waals surface area contributed by atoms with Crippen molar-refractivity contribution < 1.29 is 19.8 Å². The van der Waals surface area contributed by atoms with E-state index in [0.717, 1.165) is 25.7 Å². The van der Waals surface area contributed by atoms with Gasteiger partial charge in [0.1, 0.15) is 6.54 Å². The Morgan fingerprint density at radius 3 is 2.48 bits per heavy atom. The van der Waals surface area contributed by atoms with Gasteiger partial charge < -0.3 is 20.4 Å². The maximum Gasteiger partial charge on any atom is 0.323 e. The fraction of sp³-hybridized carbons (Fsp3) is 0.529. The molecule has 1 aliphatic heterocycles. The number of likely N-dealkylation sites (tertiary alicyclic amines) is 1. The summed E-state index contributed by atoms with van der Waals surface area (Å²) in [4.78, 5) is 23.8. The number of urea groups is 1. The molecule has 1 atom stereocenters. The van der Waals surface area contributed by atoms with Gasteiger partial charge in [0.25, 0.3) is 0 Å². The van der Waals surface area contributed by atoms with E-state index in [1.165, 1.54) is 5.56 Å². The van der Waals surface area contributed by atoms with Gasteiger partial charge in [-0.3, -0.25) is 4.79 Å². The first-order chi connectivity index (χ1) is 11.1. The number of carboxylic acid groups (broad SMARTS) is 1. The van der Waals surface area contributed by atoms with E-state index in [9.17, 15) is 14.7 Å². The number of carbonyl (C=O) groups is 2. The molecule has 6 nitrogen and oxygen atoms in total. The molecule has 126 valence electrons. The second-order valence-electron chi connectivity index (χ2n) is 5.97. The van der Waals surface area contributed by atoms with E-state index in [1.807, 2.05) is 18.2 Å². The van der Waals surface area contributed by atoms with E-state index in [-0.39, 0.29) is 24.6 Å². The number of aliphatic carboxylic acids is 1. The number of nitrogens with one attached hydrogen (secondary N) is 1. The molecule has 23 heavy (non-hydrogen) atoms. The van der Waals surface area contributed by atoms with Gasteiger partial charge >= 0.3 is 12.0 Å². The molecule has 0 bridgehead atoms. The summed E-state index contributed by atoms with van der Waals surface area (Å²) in [5.41, 5.74) is 1.22. The van der Waals surface area contributed by atoms with Crippen LogP contribution in [0, 0.1) is 5.92 Å². The van der Waals surface area contributed by atoms with E-state index in [4.69, 9.17) is 5.11 Å². The number of piperidine rings is 1. The first-order valence-corrected chi connectivity index (χ1v) is 8.03. The van der Waals surface area contributed by atoms with Gasteiger partial charge in [-0.2, -0.15) is 0 Å². The molecule has 1 aromatic carbocycles. The number of aryl methyl sites for hydroxylation is 1. The van der Waals surface area contributed by atoms with Crippen molar-refractivity contribution >= 4 is 12.0 Å². The molecule has 0 spiro atoms. The largest absolute Gasteiger partial charge is 0.480 e. The normalized spacial score (nSPS) is 16.8. The molecule has 1 saturated heterocycles. The average molecular weight is 320 g/mol.